The summed E-state index contributed by atoms with van der Waals surface area (Å²) in [5.74, 6) is -0.865. The Bertz CT molecular complexity index is 421. The molecule has 1 saturated heterocycles. The molecule has 6 heteroatoms. The van der Waals surface area contributed by atoms with Crippen LogP contribution in [-0.4, -0.2) is 44.8 Å². The van der Waals surface area contributed by atoms with Gasteiger partial charge < -0.3 is 10.2 Å². The average Bonchev–Trinajstić information content (AvgIpc) is 2.87. The first-order valence-corrected chi connectivity index (χ1v) is 7.06. The number of thiazole rings is 1. The fourth-order valence-electron chi connectivity index (χ4n) is 2.27. The maximum Gasteiger partial charge on any atom is 0.321 e. The molecule has 1 aliphatic heterocycles. The lowest BCUT2D eigenvalue weighted by atomic mass is 10.2. The SMILES string of the molecule is CCCc1nc(CN2CC(O)CC2C(=O)O)cs1. The van der Waals surface area contributed by atoms with Gasteiger partial charge in [0.05, 0.1) is 16.8 Å². The maximum atomic E-state index is 11.1. The number of aliphatic hydroxyl groups is 1. The molecule has 2 rings (SSSR count). The van der Waals surface area contributed by atoms with Crippen LogP contribution >= 0.6 is 11.3 Å². The number of rotatable bonds is 5. The Morgan fingerprint density at radius 3 is 3.11 bits per heavy atom. The second kappa shape index (κ2) is 5.77. The Hall–Kier alpha value is -0.980. The van der Waals surface area contributed by atoms with E-state index in [-0.39, 0.29) is 0 Å². The van der Waals surface area contributed by atoms with Crippen LogP contribution in [0.15, 0.2) is 5.38 Å². The number of nitrogens with zero attached hydrogens (tertiary/aromatic N) is 2. The third kappa shape index (κ3) is 3.07. The predicted molar refractivity (Wildman–Crippen MR) is 68.6 cm³/mol. The first-order valence-electron chi connectivity index (χ1n) is 6.18. The fourth-order valence-corrected chi connectivity index (χ4v) is 3.16. The summed E-state index contributed by atoms with van der Waals surface area (Å²) in [5.41, 5.74) is 0.906. The Balaban J connectivity index is 2.00. The van der Waals surface area contributed by atoms with Crippen LogP contribution in [0.5, 0.6) is 0 Å². The molecule has 0 radical (unpaired) electrons. The van der Waals surface area contributed by atoms with Gasteiger partial charge in [-0.1, -0.05) is 6.92 Å². The van der Waals surface area contributed by atoms with Gasteiger partial charge in [0, 0.05) is 24.9 Å². The van der Waals surface area contributed by atoms with E-state index in [0.29, 0.717) is 19.5 Å². The summed E-state index contributed by atoms with van der Waals surface area (Å²) in [7, 11) is 0. The monoisotopic (exact) mass is 270 g/mol. The summed E-state index contributed by atoms with van der Waals surface area (Å²) in [6, 6.07) is -0.587. The van der Waals surface area contributed by atoms with Gasteiger partial charge in [-0.05, 0) is 12.8 Å². The van der Waals surface area contributed by atoms with Crippen molar-refractivity contribution < 1.29 is 15.0 Å². The zero-order valence-electron chi connectivity index (χ0n) is 10.4. The number of aryl methyl sites for hydroxylation is 1. The Morgan fingerprint density at radius 2 is 2.44 bits per heavy atom. The number of hydrogen-bond acceptors (Lipinski definition) is 5. The molecule has 1 aromatic heterocycles. The van der Waals surface area contributed by atoms with Crippen LogP contribution in [0.4, 0.5) is 0 Å². The van der Waals surface area contributed by atoms with Gasteiger partial charge in [-0.15, -0.1) is 11.3 Å². The topological polar surface area (TPSA) is 73.7 Å². The first kappa shape index (κ1) is 13.5. The van der Waals surface area contributed by atoms with E-state index in [4.69, 9.17) is 5.11 Å². The van der Waals surface area contributed by atoms with Gasteiger partial charge >= 0.3 is 5.97 Å². The third-order valence-electron chi connectivity index (χ3n) is 3.09. The van der Waals surface area contributed by atoms with E-state index < -0.39 is 18.1 Å². The lowest BCUT2D eigenvalue weighted by Crippen LogP contribution is -2.35. The van der Waals surface area contributed by atoms with Gasteiger partial charge in [0.1, 0.15) is 6.04 Å². The molecule has 0 aliphatic carbocycles. The number of β-amino-alcohol motifs (C(OH)–C–C–N with tert-alkyl or cyclic N) is 1. The Morgan fingerprint density at radius 1 is 1.67 bits per heavy atom. The smallest absolute Gasteiger partial charge is 0.321 e. The molecule has 0 saturated carbocycles. The van der Waals surface area contributed by atoms with E-state index in [2.05, 4.69) is 11.9 Å². The molecule has 0 amide bonds. The van der Waals surface area contributed by atoms with Crippen molar-refractivity contribution in [2.75, 3.05) is 6.54 Å². The summed E-state index contributed by atoms with van der Waals surface area (Å²) in [6.45, 7) is 3.03. The zero-order valence-corrected chi connectivity index (χ0v) is 11.2. The molecular formula is C12H18N2O3S. The molecule has 2 heterocycles. The van der Waals surface area contributed by atoms with Gasteiger partial charge in [0.15, 0.2) is 0 Å². The minimum Gasteiger partial charge on any atom is -0.480 e. The van der Waals surface area contributed by atoms with Crippen molar-refractivity contribution in [3.8, 4) is 0 Å². The lowest BCUT2D eigenvalue weighted by molar-refractivity contribution is -0.142. The van der Waals surface area contributed by atoms with Crippen molar-refractivity contribution in [2.45, 2.75) is 44.9 Å². The van der Waals surface area contributed by atoms with Crippen LogP contribution in [0.25, 0.3) is 0 Å². The normalized spacial score (nSPS) is 24.6. The predicted octanol–water partition coefficient (Wildman–Crippen LogP) is 1.12. The number of aliphatic carboxylic acids is 1. The second-order valence-electron chi connectivity index (χ2n) is 4.66. The van der Waals surface area contributed by atoms with Crippen LogP contribution in [0.1, 0.15) is 30.5 Å². The second-order valence-corrected chi connectivity index (χ2v) is 5.60. The summed E-state index contributed by atoms with van der Waals surface area (Å²) < 4.78 is 0. The van der Waals surface area contributed by atoms with E-state index in [1.54, 1.807) is 16.2 Å². The van der Waals surface area contributed by atoms with Gasteiger partial charge in [-0.3, -0.25) is 9.69 Å². The Kier molecular flexibility index (Phi) is 4.31. The number of aliphatic hydroxyl groups excluding tert-OH is 1. The number of aromatic nitrogens is 1. The highest BCUT2D eigenvalue weighted by Crippen LogP contribution is 2.22. The molecule has 18 heavy (non-hydrogen) atoms. The molecule has 1 aliphatic rings. The van der Waals surface area contributed by atoms with Crippen molar-refractivity contribution in [2.24, 2.45) is 0 Å². The first-order chi connectivity index (χ1) is 8.60. The van der Waals surface area contributed by atoms with Gasteiger partial charge in [0.2, 0.25) is 0 Å². The molecule has 1 aromatic rings. The highest BCUT2D eigenvalue weighted by molar-refractivity contribution is 7.09. The molecule has 2 atom stereocenters. The Labute approximate surface area is 110 Å². The van der Waals surface area contributed by atoms with Gasteiger partial charge in [0.25, 0.3) is 0 Å². The van der Waals surface area contributed by atoms with Crippen molar-refractivity contribution >= 4 is 17.3 Å². The number of hydrogen-bond donors (Lipinski definition) is 2. The molecular weight excluding hydrogens is 252 g/mol. The number of likely N-dealkylation sites (tertiary alicyclic amines) is 1. The minimum atomic E-state index is -0.865. The van der Waals surface area contributed by atoms with Crippen LogP contribution in [0.3, 0.4) is 0 Å². The highest BCUT2D eigenvalue weighted by atomic mass is 32.1. The molecule has 100 valence electrons. The number of carboxylic acids is 1. The summed E-state index contributed by atoms with van der Waals surface area (Å²) >= 11 is 1.62. The minimum absolute atomic E-state index is 0.307. The third-order valence-corrected chi connectivity index (χ3v) is 4.05. The van der Waals surface area contributed by atoms with Crippen LogP contribution in [-0.2, 0) is 17.8 Å². The van der Waals surface area contributed by atoms with Gasteiger partial charge in [-0.25, -0.2) is 4.98 Å². The zero-order chi connectivity index (χ0) is 13.1. The average molecular weight is 270 g/mol. The van der Waals surface area contributed by atoms with E-state index in [0.717, 1.165) is 23.5 Å². The van der Waals surface area contributed by atoms with Crippen LogP contribution < -0.4 is 0 Å². The molecule has 2 N–H and O–H groups in total. The number of carboxylic acid groups (broad SMARTS) is 1. The molecule has 0 aromatic carbocycles. The van der Waals surface area contributed by atoms with E-state index in [1.807, 2.05) is 5.38 Å². The summed E-state index contributed by atoms with van der Waals surface area (Å²) in [5, 5.41) is 21.7. The molecule has 0 bridgehead atoms. The summed E-state index contributed by atoms with van der Waals surface area (Å²) in [6.07, 6.45) is 1.80. The summed E-state index contributed by atoms with van der Waals surface area (Å²) in [4.78, 5) is 17.4. The van der Waals surface area contributed by atoms with Crippen molar-refractivity contribution in [3.05, 3.63) is 16.1 Å². The quantitative estimate of drug-likeness (QED) is 0.838. The molecule has 1 fully saturated rings. The standard InChI is InChI=1S/C12H18N2O3S/c1-2-3-11-13-8(7-18-11)5-14-6-9(15)4-10(14)12(16)17/h7,9-10,15H,2-6H2,1H3,(H,16,17). The van der Waals surface area contributed by atoms with Crippen LogP contribution in [0, 0.1) is 0 Å². The van der Waals surface area contributed by atoms with Crippen molar-refractivity contribution in [3.63, 3.8) is 0 Å². The molecule has 2 unspecified atom stereocenters. The number of carbonyl (C=O) groups is 1. The van der Waals surface area contributed by atoms with E-state index in [9.17, 15) is 9.90 Å². The lowest BCUT2D eigenvalue weighted by Gasteiger charge is -2.19. The maximum absolute atomic E-state index is 11.1. The highest BCUT2D eigenvalue weighted by Gasteiger charge is 2.36. The van der Waals surface area contributed by atoms with Crippen molar-refractivity contribution in [1.82, 2.24) is 9.88 Å². The molecule has 5 nitrogen and oxygen atoms in total. The van der Waals surface area contributed by atoms with Crippen LogP contribution in [0.2, 0.25) is 0 Å². The van der Waals surface area contributed by atoms with E-state index in [1.165, 1.54) is 0 Å². The largest absolute Gasteiger partial charge is 0.480 e. The van der Waals surface area contributed by atoms with E-state index >= 15 is 0 Å². The fraction of sp³-hybridized carbons (Fsp3) is 0.667. The van der Waals surface area contributed by atoms with Gasteiger partial charge in [-0.2, -0.15) is 0 Å². The van der Waals surface area contributed by atoms with Crippen molar-refractivity contribution in [1.29, 1.82) is 0 Å². The molecule has 0 spiro atoms.